The molecular weight excluding hydrogens is 247 g/mol. The van der Waals surface area contributed by atoms with Gasteiger partial charge in [-0.3, -0.25) is 9.69 Å². The summed E-state index contributed by atoms with van der Waals surface area (Å²) in [5.41, 5.74) is 0.598. The Labute approximate surface area is 113 Å². The molecule has 1 amide bonds. The van der Waals surface area contributed by atoms with E-state index in [1.165, 1.54) is 12.1 Å². The fourth-order valence-corrected chi connectivity index (χ4v) is 1.84. The second-order valence-corrected chi connectivity index (χ2v) is 5.02. The zero-order chi connectivity index (χ0) is 14.6. The summed E-state index contributed by atoms with van der Waals surface area (Å²) in [5.74, 6) is -0.650. The average Bonchev–Trinajstić information content (AvgIpc) is 2.26. The summed E-state index contributed by atoms with van der Waals surface area (Å²) in [6, 6.07) is 3.82. The maximum Gasteiger partial charge on any atom is 0.234 e. The SMILES string of the molecule is CC(C)NC(=O)CN(C)C(C)c1ccc(F)cc1O. The summed E-state index contributed by atoms with van der Waals surface area (Å²) in [7, 11) is 1.79. The smallest absolute Gasteiger partial charge is 0.234 e. The summed E-state index contributed by atoms with van der Waals surface area (Å²) >= 11 is 0. The fraction of sp³-hybridized carbons (Fsp3) is 0.500. The summed E-state index contributed by atoms with van der Waals surface area (Å²) in [6.45, 7) is 5.87. The highest BCUT2D eigenvalue weighted by Crippen LogP contribution is 2.27. The summed E-state index contributed by atoms with van der Waals surface area (Å²) in [4.78, 5) is 13.5. The van der Waals surface area contributed by atoms with E-state index in [0.29, 0.717) is 5.56 Å². The van der Waals surface area contributed by atoms with E-state index in [0.717, 1.165) is 6.07 Å². The maximum absolute atomic E-state index is 12.9. The Morgan fingerprint density at radius 1 is 1.42 bits per heavy atom. The van der Waals surface area contributed by atoms with Crippen molar-refractivity contribution in [2.24, 2.45) is 0 Å². The third kappa shape index (κ3) is 4.52. The van der Waals surface area contributed by atoms with E-state index < -0.39 is 5.82 Å². The Balaban J connectivity index is 2.71. The first kappa shape index (κ1) is 15.4. The van der Waals surface area contributed by atoms with E-state index in [-0.39, 0.29) is 30.3 Å². The molecule has 0 heterocycles. The molecule has 0 bridgehead atoms. The molecule has 0 aromatic heterocycles. The van der Waals surface area contributed by atoms with Crippen molar-refractivity contribution in [2.75, 3.05) is 13.6 Å². The maximum atomic E-state index is 12.9. The normalized spacial score (nSPS) is 12.8. The molecule has 0 saturated heterocycles. The number of rotatable bonds is 5. The number of aromatic hydroxyl groups is 1. The number of carbonyl (C=O) groups excluding carboxylic acids is 1. The molecule has 0 spiro atoms. The number of likely N-dealkylation sites (N-methyl/N-ethyl adjacent to an activating group) is 1. The lowest BCUT2D eigenvalue weighted by molar-refractivity contribution is -0.122. The highest BCUT2D eigenvalue weighted by atomic mass is 19.1. The van der Waals surface area contributed by atoms with Crippen molar-refractivity contribution in [1.29, 1.82) is 0 Å². The molecule has 0 saturated carbocycles. The predicted octanol–water partition coefficient (Wildman–Crippen LogP) is 2.05. The Bertz CT molecular complexity index is 449. The van der Waals surface area contributed by atoms with Crippen molar-refractivity contribution < 1.29 is 14.3 Å². The van der Waals surface area contributed by atoms with Gasteiger partial charge in [0.1, 0.15) is 11.6 Å². The lowest BCUT2D eigenvalue weighted by Crippen LogP contribution is -2.39. The van der Waals surface area contributed by atoms with Crippen molar-refractivity contribution in [3.63, 3.8) is 0 Å². The minimum atomic E-state index is -0.478. The first-order chi connectivity index (χ1) is 8.81. The molecule has 1 aromatic rings. The minimum absolute atomic E-state index is 0.0778. The molecule has 0 fully saturated rings. The van der Waals surface area contributed by atoms with Crippen LogP contribution in [0.2, 0.25) is 0 Å². The van der Waals surface area contributed by atoms with Gasteiger partial charge in [0.2, 0.25) is 5.91 Å². The molecule has 5 heteroatoms. The zero-order valence-electron chi connectivity index (χ0n) is 11.8. The van der Waals surface area contributed by atoms with Crippen LogP contribution in [-0.2, 0) is 4.79 Å². The van der Waals surface area contributed by atoms with E-state index in [2.05, 4.69) is 5.32 Å². The van der Waals surface area contributed by atoms with Gasteiger partial charge in [-0.2, -0.15) is 0 Å². The zero-order valence-corrected chi connectivity index (χ0v) is 11.8. The molecule has 1 rings (SSSR count). The molecule has 1 atom stereocenters. The Morgan fingerprint density at radius 3 is 2.58 bits per heavy atom. The van der Waals surface area contributed by atoms with E-state index in [1.807, 2.05) is 20.8 Å². The molecule has 106 valence electrons. The second kappa shape index (κ2) is 6.52. The average molecular weight is 268 g/mol. The molecular formula is C14H21FN2O2. The van der Waals surface area contributed by atoms with E-state index >= 15 is 0 Å². The van der Waals surface area contributed by atoms with Crippen LogP contribution in [0.4, 0.5) is 4.39 Å². The van der Waals surface area contributed by atoms with Crippen molar-refractivity contribution in [3.05, 3.63) is 29.6 Å². The lowest BCUT2D eigenvalue weighted by atomic mass is 10.1. The number of hydrogen-bond acceptors (Lipinski definition) is 3. The Morgan fingerprint density at radius 2 is 2.05 bits per heavy atom. The molecule has 0 radical (unpaired) electrons. The monoisotopic (exact) mass is 268 g/mol. The summed E-state index contributed by atoms with van der Waals surface area (Å²) < 4.78 is 12.9. The van der Waals surface area contributed by atoms with Crippen LogP contribution in [0.15, 0.2) is 18.2 Å². The third-order valence-electron chi connectivity index (χ3n) is 2.95. The first-order valence-electron chi connectivity index (χ1n) is 6.29. The van der Waals surface area contributed by atoms with Crippen LogP contribution < -0.4 is 5.32 Å². The Hall–Kier alpha value is -1.62. The Kier molecular flexibility index (Phi) is 5.30. The molecule has 1 aromatic carbocycles. The van der Waals surface area contributed by atoms with Gasteiger partial charge in [0.15, 0.2) is 0 Å². The van der Waals surface area contributed by atoms with Crippen LogP contribution >= 0.6 is 0 Å². The number of halogens is 1. The molecule has 0 aliphatic rings. The third-order valence-corrected chi connectivity index (χ3v) is 2.95. The number of phenolic OH excluding ortho intramolecular Hbond substituents is 1. The van der Waals surface area contributed by atoms with E-state index in [9.17, 15) is 14.3 Å². The second-order valence-electron chi connectivity index (χ2n) is 5.02. The molecule has 4 nitrogen and oxygen atoms in total. The number of phenols is 1. The van der Waals surface area contributed by atoms with E-state index in [1.54, 1.807) is 11.9 Å². The number of nitrogens with zero attached hydrogens (tertiary/aromatic N) is 1. The standard InChI is InChI=1S/C14H21FN2O2/c1-9(2)16-14(19)8-17(4)10(3)12-6-5-11(15)7-13(12)18/h5-7,9-10,18H,8H2,1-4H3,(H,16,19). The van der Waals surface area contributed by atoms with Gasteiger partial charge in [-0.05, 0) is 33.9 Å². The van der Waals surface area contributed by atoms with Crippen molar-refractivity contribution in [1.82, 2.24) is 10.2 Å². The van der Waals surface area contributed by atoms with Crippen LogP contribution in [0, 0.1) is 5.82 Å². The lowest BCUT2D eigenvalue weighted by Gasteiger charge is -2.25. The highest BCUT2D eigenvalue weighted by Gasteiger charge is 2.18. The van der Waals surface area contributed by atoms with Crippen molar-refractivity contribution >= 4 is 5.91 Å². The van der Waals surface area contributed by atoms with Crippen LogP contribution in [0.3, 0.4) is 0 Å². The minimum Gasteiger partial charge on any atom is -0.508 e. The van der Waals surface area contributed by atoms with Crippen LogP contribution in [-0.4, -0.2) is 35.5 Å². The molecule has 2 N–H and O–H groups in total. The topological polar surface area (TPSA) is 52.6 Å². The number of nitrogens with one attached hydrogen (secondary N) is 1. The van der Waals surface area contributed by atoms with Crippen molar-refractivity contribution in [3.8, 4) is 5.75 Å². The van der Waals surface area contributed by atoms with Crippen LogP contribution in [0.5, 0.6) is 5.75 Å². The molecule has 19 heavy (non-hydrogen) atoms. The van der Waals surface area contributed by atoms with Gasteiger partial charge in [0.25, 0.3) is 0 Å². The number of benzene rings is 1. The van der Waals surface area contributed by atoms with Gasteiger partial charge >= 0.3 is 0 Å². The quantitative estimate of drug-likeness (QED) is 0.859. The molecule has 0 aliphatic carbocycles. The number of amides is 1. The van der Waals surface area contributed by atoms with Gasteiger partial charge in [-0.1, -0.05) is 6.07 Å². The largest absolute Gasteiger partial charge is 0.508 e. The van der Waals surface area contributed by atoms with Crippen molar-refractivity contribution in [2.45, 2.75) is 32.9 Å². The van der Waals surface area contributed by atoms with Gasteiger partial charge in [-0.25, -0.2) is 4.39 Å². The van der Waals surface area contributed by atoms with Gasteiger partial charge in [-0.15, -0.1) is 0 Å². The summed E-state index contributed by atoms with van der Waals surface area (Å²) in [6.07, 6.45) is 0. The van der Waals surface area contributed by atoms with Gasteiger partial charge < -0.3 is 10.4 Å². The fourth-order valence-electron chi connectivity index (χ4n) is 1.84. The molecule has 0 aliphatic heterocycles. The highest BCUT2D eigenvalue weighted by molar-refractivity contribution is 5.78. The summed E-state index contributed by atoms with van der Waals surface area (Å²) in [5, 5.41) is 12.5. The predicted molar refractivity (Wildman–Crippen MR) is 72.4 cm³/mol. The molecule has 1 unspecified atom stereocenters. The number of hydrogen-bond donors (Lipinski definition) is 2. The van der Waals surface area contributed by atoms with E-state index in [4.69, 9.17) is 0 Å². The van der Waals surface area contributed by atoms with Crippen LogP contribution in [0.25, 0.3) is 0 Å². The number of carbonyl (C=O) groups is 1. The first-order valence-corrected chi connectivity index (χ1v) is 6.29. The van der Waals surface area contributed by atoms with Gasteiger partial charge in [0.05, 0.1) is 6.54 Å². The van der Waals surface area contributed by atoms with Gasteiger partial charge in [0, 0.05) is 23.7 Å². The van der Waals surface area contributed by atoms with Crippen LogP contribution in [0.1, 0.15) is 32.4 Å².